The second-order valence-electron chi connectivity index (χ2n) is 5.40. The van der Waals surface area contributed by atoms with Crippen molar-refractivity contribution in [3.8, 4) is 0 Å². The smallest absolute Gasteiger partial charge is 0.0947 e. The Morgan fingerprint density at radius 2 is 2.19 bits per heavy atom. The minimum Gasteiger partial charge on any atom is -0.340 e. The van der Waals surface area contributed by atoms with Crippen LogP contribution in [-0.4, -0.2) is 27.0 Å². The number of piperidine rings is 1. The van der Waals surface area contributed by atoms with Crippen LogP contribution in [0.15, 0.2) is 12.5 Å². The lowest BCUT2D eigenvalue weighted by Gasteiger charge is -2.37. The van der Waals surface area contributed by atoms with Gasteiger partial charge in [0.25, 0.3) is 0 Å². The van der Waals surface area contributed by atoms with E-state index in [1.54, 1.807) is 0 Å². The number of imidazole rings is 1. The monoisotopic (exact) mass is 219 g/mol. The third-order valence-electron chi connectivity index (χ3n) is 4.23. The van der Waals surface area contributed by atoms with Crippen molar-refractivity contribution < 1.29 is 0 Å². The van der Waals surface area contributed by atoms with Crippen LogP contribution in [0.2, 0.25) is 0 Å². The summed E-state index contributed by atoms with van der Waals surface area (Å²) < 4.78 is 2.05. The molecule has 3 nitrogen and oxygen atoms in total. The van der Waals surface area contributed by atoms with Gasteiger partial charge in [-0.3, -0.25) is 4.90 Å². The van der Waals surface area contributed by atoms with Crippen LogP contribution < -0.4 is 0 Å². The maximum absolute atomic E-state index is 4.45. The molecule has 2 fully saturated rings. The van der Waals surface area contributed by atoms with Crippen molar-refractivity contribution in [2.75, 3.05) is 6.54 Å². The van der Waals surface area contributed by atoms with E-state index in [9.17, 15) is 0 Å². The molecule has 0 spiro atoms. The van der Waals surface area contributed by atoms with E-state index in [1.165, 1.54) is 44.3 Å². The molecule has 0 N–H and O–H groups in total. The lowest BCUT2D eigenvalue weighted by Crippen LogP contribution is -2.41. The second kappa shape index (κ2) is 4.21. The van der Waals surface area contributed by atoms with Gasteiger partial charge < -0.3 is 4.57 Å². The number of fused-ring (bicyclic) bond motifs is 1. The minimum absolute atomic E-state index is 0.857. The van der Waals surface area contributed by atoms with Gasteiger partial charge in [-0.05, 0) is 38.1 Å². The van der Waals surface area contributed by atoms with E-state index in [0.29, 0.717) is 0 Å². The van der Waals surface area contributed by atoms with Gasteiger partial charge in [-0.15, -0.1) is 0 Å². The maximum Gasteiger partial charge on any atom is 0.0947 e. The number of hydrogen-bond donors (Lipinski definition) is 0. The Balaban J connectivity index is 1.69. The summed E-state index contributed by atoms with van der Waals surface area (Å²) in [5.41, 5.74) is 1.23. The van der Waals surface area contributed by atoms with Gasteiger partial charge in [0, 0.05) is 25.8 Å². The van der Waals surface area contributed by atoms with Gasteiger partial charge in [0.2, 0.25) is 0 Å². The normalized spacial score (nSPS) is 30.6. The summed E-state index contributed by atoms with van der Waals surface area (Å²) in [5, 5.41) is 0. The molecule has 2 aliphatic rings. The zero-order valence-corrected chi connectivity index (χ0v) is 10.1. The predicted octanol–water partition coefficient (Wildman–Crippen LogP) is 2.18. The van der Waals surface area contributed by atoms with Gasteiger partial charge >= 0.3 is 0 Å². The van der Waals surface area contributed by atoms with Crippen LogP contribution in [0.5, 0.6) is 0 Å². The molecule has 1 aromatic heterocycles. The fraction of sp³-hybridized carbons (Fsp3) is 0.769. The number of nitrogens with zero attached hydrogens (tertiary/aromatic N) is 3. The van der Waals surface area contributed by atoms with Gasteiger partial charge in [0.05, 0.1) is 12.0 Å². The molecule has 1 saturated carbocycles. The molecule has 1 aliphatic heterocycles. The van der Waals surface area contributed by atoms with Crippen molar-refractivity contribution in [3.05, 3.63) is 18.2 Å². The zero-order chi connectivity index (χ0) is 11.0. The van der Waals surface area contributed by atoms with Crippen LogP contribution in [0, 0.1) is 5.92 Å². The SMILES string of the molecule is Cn1cnc(CN2CCC[C@@H]3CCC[C@H]32)c1. The van der Waals surface area contributed by atoms with Gasteiger partial charge in [-0.1, -0.05) is 6.42 Å². The quantitative estimate of drug-likeness (QED) is 0.760. The van der Waals surface area contributed by atoms with Crippen LogP contribution in [0.3, 0.4) is 0 Å². The molecule has 16 heavy (non-hydrogen) atoms. The van der Waals surface area contributed by atoms with Crippen molar-refractivity contribution in [3.63, 3.8) is 0 Å². The highest BCUT2D eigenvalue weighted by Gasteiger charge is 2.34. The lowest BCUT2D eigenvalue weighted by atomic mass is 9.92. The maximum atomic E-state index is 4.45. The van der Waals surface area contributed by atoms with Crippen molar-refractivity contribution >= 4 is 0 Å². The molecular weight excluding hydrogens is 198 g/mol. The molecule has 0 radical (unpaired) electrons. The molecule has 1 aromatic rings. The molecule has 88 valence electrons. The fourth-order valence-electron chi connectivity index (χ4n) is 3.51. The van der Waals surface area contributed by atoms with Crippen molar-refractivity contribution in [1.82, 2.24) is 14.5 Å². The first-order valence-electron chi connectivity index (χ1n) is 6.54. The first-order chi connectivity index (χ1) is 7.83. The van der Waals surface area contributed by atoms with Gasteiger partial charge in [-0.2, -0.15) is 0 Å². The molecule has 2 atom stereocenters. The number of aromatic nitrogens is 2. The second-order valence-corrected chi connectivity index (χ2v) is 5.40. The van der Waals surface area contributed by atoms with Gasteiger partial charge in [0.1, 0.15) is 0 Å². The van der Waals surface area contributed by atoms with E-state index < -0.39 is 0 Å². The molecule has 0 aromatic carbocycles. The van der Waals surface area contributed by atoms with Gasteiger partial charge in [-0.25, -0.2) is 4.98 Å². The summed E-state index contributed by atoms with van der Waals surface area (Å²) in [6.45, 7) is 2.33. The van der Waals surface area contributed by atoms with Crippen LogP contribution in [0.4, 0.5) is 0 Å². The first-order valence-corrected chi connectivity index (χ1v) is 6.54. The third kappa shape index (κ3) is 1.88. The molecule has 0 bridgehead atoms. The highest BCUT2D eigenvalue weighted by Crippen LogP contribution is 2.37. The van der Waals surface area contributed by atoms with E-state index in [4.69, 9.17) is 0 Å². The van der Waals surface area contributed by atoms with Gasteiger partial charge in [0.15, 0.2) is 0 Å². The van der Waals surface area contributed by atoms with Crippen LogP contribution in [0.1, 0.15) is 37.8 Å². The van der Waals surface area contributed by atoms with Crippen molar-refractivity contribution in [1.29, 1.82) is 0 Å². The van der Waals surface area contributed by atoms with Crippen molar-refractivity contribution in [2.24, 2.45) is 13.0 Å². The summed E-state index contributed by atoms with van der Waals surface area (Å²) in [5.74, 6) is 0.984. The largest absolute Gasteiger partial charge is 0.340 e. The Labute approximate surface area is 97.5 Å². The average Bonchev–Trinajstić information content (AvgIpc) is 2.87. The molecule has 0 amide bonds. The number of likely N-dealkylation sites (tertiary alicyclic amines) is 1. The van der Waals surface area contributed by atoms with E-state index >= 15 is 0 Å². The van der Waals surface area contributed by atoms with E-state index in [1.807, 2.05) is 17.9 Å². The Morgan fingerprint density at radius 3 is 3.00 bits per heavy atom. The number of aryl methyl sites for hydroxylation is 1. The van der Waals surface area contributed by atoms with Crippen LogP contribution in [-0.2, 0) is 13.6 Å². The Morgan fingerprint density at radius 1 is 1.31 bits per heavy atom. The molecular formula is C13H21N3. The Kier molecular flexibility index (Phi) is 2.72. The summed E-state index contributed by atoms with van der Waals surface area (Å²) in [7, 11) is 2.05. The van der Waals surface area contributed by atoms with E-state index in [2.05, 4.69) is 16.1 Å². The molecule has 2 heterocycles. The molecule has 1 aliphatic carbocycles. The summed E-state index contributed by atoms with van der Waals surface area (Å²) in [6, 6.07) is 0.857. The number of rotatable bonds is 2. The zero-order valence-electron chi connectivity index (χ0n) is 10.1. The molecule has 0 unspecified atom stereocenters. The van der Waals surface area contributed by atoms with E-state index in [0.717, 1.165) is 18.5 Å². The first kappa shape index (κ1) is 10.3. The molecule has 3 rings (SSSR count). The lowest BCUT2D eigenvalue weighted by molar-refractivity contribution is 0.104. The van der Waals surface area contributed by atoms with Crippen LogP contribution >= 0.6 is 0 Å². The fourth-order valence-corrected chi connectivity index (χ4v) is 3.51. The average molecular weight is 219 g/mol. The minimum atomic E-state index is 0.857. The summed E-state index contributed by atoms with van der Waals surface area (Å²) >= 11 is 0. The van der Waals surface area contributed by atoms with Crippen LogP contribution in [0.25, 0.3) is 0 Å². The Hall–Kier alpha value is -0.830. The topological polar surface area (TPSA) is 21.1 Å². The van der Waals surface area contributed by atoms with E-state index in [-0.39, 0.29) is 0 Å². The highest BCUT2D eigenvalue weighted by molar-refractivity contribution is 4.99. The standard InChI is InChI=1S/C13H21N3/c1-15-8-12(14-10-15)9-16-7-3-5-11-4-2-6-13(11)16/h8,10-11,13H,2-7,9H2,1H3/t11-,13+/m0/s1. The highest BCUT2D eigenvalue weighted by atomic mass is 15.2. The third-order valence-corrected chi connectivity index (χ3v) is 4.23. The predicted molar refractivity (Wildman–Crippen MR) is 64.0 cm³/mol. The number of hydrogen-bond acceptors (Lipinski definition) is 2. The Bertz CT molecular complexity index is 358. The molecule has 1 saturated heterocycles. The molecule has 3 heteroatoms. The summed E-state index contributed by atoms with van der Waals surface area (Å²) in [6.07, 6.45) is 11.2. The van der Waals surface area contributed by atoms with Crippen molar-refractivity contribution in [2.45, 2.75) is 44.7 Å². The summed E-state index contributed by atoms with van der Waals surface area (Å²) in [4.78, 5) is 7.12.